The van der Waals surface area contributed by atoms with Gasteiger partial charge in [0.05, 0.1) is 11.8 Å². The van der Waals surface area contributed by atoms with Crippen LogP contribution in [0.4, 0.5) is 0 Å². The van der Waals surface area contributed by atoms with Crippen LogP contribution in [0.1, 0.15) is 44.1 Å². The number of aromatic nitrogens is 3. The van der Waals surface area contributed by atoms with Crippen LogP contribution < -0.4 is 10.9 Å². The third-order valence-electron chi connectivity index (χ3n) is 5.51. The molecule has 0 spiro atoms. The van der Waals surface area contributed by atoms with Gasteiger partial charge in [-0.1, -0.05) is 37.3 Å². The summed E-state index contributed by atoms with van der Waals surface area (Å²) in [5.41, 5.74) is 2.82. The van der Waals surface area contributed by atoms with E-state index in [0.29, 0.717) is 23.3 Å². The molecule has 4 aromatic rings. The molecule has 0 aliphatic carbocycles. The van der Waals surface area contributed by atoms with Gasteiger partial charge in [0.1, 0.15) is 17.4 Å². The van der Waals surface area contributed by atoms with E-state index in [0.717, 1.165) is 18.4 Å². The number of nitrogens with zero attached hydrogens (tertiary/aromatic N) is 3. The molecule has 3 aromatic heterocycles. The molecule has 0 unspecified atom stereocenters. The molecule has 1 amide bonds. The summed E-state index contributed by atoms with van der Waals surface area (Å²) < 4.78 is 8.50. The lowest BCUT2D eigenvalue weighted by Gasteiger charge is -2.21. The summed E-state index contributed by atoms with van der Waals surface area (Å²) in [7, 11) is 0. The number of carbonyl (C=O) groups excluding carboxylic acids is 1. The number of hydrogen-bond acceptors (Lipinski definition) is 4. The monoisotopic (exact) mass is 406 g/mol. The quantitative estimate of drug-likeness (QED) is 0.508. The number of rotatable bonds is 7. The molecule has 0 fully saturated rings. The Labute approximate surface area is 174 Å². The Hall–Kier alpha value is -3.35. The van der Waals surface area contributed by atoms with Gasteiger partial charge >= 0.3 is 0 Å². The van der Waals surface area contributed by atoms with Crippen molar-refractivity contribution in [2.24, 2.45) is 0 Å². The number of hydrogen-bond donors (Lipinski definition) is 1. The van der Waals surface area contributed by atoms with Crippen LogP contribution in [0.2, 0.25) is 0 Å². The van der Waals surface area contributed by atoms with Gasteiger partial charge in [-0.2, -0.15) is 5.10 Å². The predicted octanol–water partition coefficient (Wildman–Crippen LogP) is 3.64. The van der Waals surface area contributed by atoms with Crippen LogP contribution in [0, 0.1) is 6.92 Å². The molecule has 2 atom stereocenters. The number of benzene rings is 1. The van der Waals surface area contributed by atoms with Crippen LogP contribution in [-0.2, 0) is 11.2 Å². The molecule has 156 valence electrons. The number of aryl methyl sites for hydroxylation is 2. The van der Waals surface area contributed by atoms with Gasteiger partial charge in [0.15, 0.2) is 5.58 Å². The topological polar surface area (TPSA) is 81.5 Å². The van der Waals surface area contributed by atoms with Gasteiger partial charge in [0.25, 0.3) is 5.56 Å². The van der Waals surface area contributed by atoms with Gasteiger partial charge in [-0.15, -0.1) is 0 Å². The number of nitrogens with one attached hydrogen (secondary N) is 1. The van der Waals surface area contributed by atoms with Gasteiger partial charge in [0.2, 0.25) is 5.91 Å². The van der Waals surface area contributed by atoms with Crippen LogP contribution in [0.25, 0.3) is 16.6 Å². The molecule has 30 heavy (non-hydrogen) atoms. The fourth-order valence-electron chi connectivity index (χ4n) is 3.91. The van der Waals surface area contributed by atoms with Crippen LogP contribution >= 0.6 is 0 Å². The largest absolute Gasteiger partial charge is 0.463 e. The van der Waals surface area contributed by atoms with E-state index in [1.807, 2.05) is 39.0 Å². The third kappa shape index (κ3) is 3.63. The Morgan fingerprint density at radius 3 is 2.70 bits per heavy atom. The van der Waals surface area contributed by atoms with Crippen LogP contribution in [-0.4, -0.2) is 26.1 Å². The summed E-state index contributed by atoms with van der Waals surface area (Å²) in [4.78, 5) is 26.1. The first-order chi connectivity index (χ1) is 14.5. The zero-order valence-electron chi connectivity index (χ0n) is 17.5. The molecular formula is C23H26N4O3. The van der Waals surface area contributed by atoms with Crippen LogP contribution in [0.3, 0.4) is 0 Å². The number of furan rings is 1. The van der Waals surface area contributed by atoms with Gasteiger partial charge in [-0.05, 0) is 38.7 Å². The molecule has 0 saturated carbocycles. The molecule has 1 N–H and O–H groups in total. The Balaban J connectivity index is 1.55. The second-order valence-electron chi connectivity index (χ2n) is 7.69. The molecule has 1 aromatic carbocycles. The average molecular weight is 406 g/mol. The Morgan fingerprint density at radius 2 is 1.97 bits per heavy atom. The SMILES string of the molecule is CC[C@@H](C(=O)N[C@H](C)CCc1ccccc1)n1nc(C)n2c(cc3occc32)c1=O. The van der Waals surface area contributed by atoms with Gasteiger partial charge in [-0.3, -0.25) is 14.0 Å². The molecule has 7 nitrogen and oxygen atoms in total. The summed E-state index contributed by atoms with van der Waals surface area (Å²) in [6.45, 7) is 5.69. The minimum absolute atomic E-state index is 0.0112. The highest BCUT2D eigenvalue weighted by atomic mass is 16.3. The highest BCUT2D eigenvalue weighted by Crippen LogP contribution is 2.21. The van der Waals surface area contributed by atoms with Crippen molar-refractivity contribution in [3.8, 4) is 0 Å². The smallest absolute Gasteiger partial charge is 0.291 e. The highest BCUT2D eigenvalue weighted by molar-refractivity contribution is 5.83. The first-order valence-corrected chi connectivity index (χ1v) is 10.3. The maximum atomic E-state index is 13.1. The molecule has 0 aliphatic heterocycles. The molecule has 0 radical (unpaired) electrons. The molecule has 0 aliphatic rings. The van der Waals surface area contributed by atoms with Crippen LogP contribution in [0.15, 0.2) is 57.9 Å². The van der Waals surface area contributed by atoms with Gasteiger partial charge < -0.3 is 9.73 Å². The van der Waals surface area contributed by atoms with E-state index in [1.54, 1.807) is 22.8 Å². The lowest BCUT2D eigenvalue weighted by atomic mass is 10.1. The molecule has 3 heterocycles. The van der Waals surface area contributed by atoms with Crippen molar-refractivity contribution < 1.29 is 9.21 Å². The van der Waals surface area contributed by atoms with Crippen molar-refractivity contribution >= 4 is 22.5 Å². The van der Waals surface area contributed by atoms with Gasteiger partial charge in [0, 0.05) is 18.2 Å². The second-order valence-corrected chi connectivity index (χ2v) is 7.69. The van der Waals surface area contributed by atoms with Crippen LogP contribution in [0.5, 0.6) is 0 Å². The summed E-state index contributed by atoms with van der Waals surface area (Å²) >= 11 is 0. The normalized spacial score (nSPS) is 13.6. The van der Waals surface area contributed by atoms with Crippen molar-refractivity contribution in [3.63, 3.8) is 0 Å². The standard InChI is InChI=1S/C23H26N4O3/c1-4-18(22(28)24-15(2)10-11-17-8-6-5-7-9-17)27-23(29)20-14-21-19(12-13-30-21)26(20)16(3)25-27/h5-9,12-15,18H,4,10-11H2,1-3H3,(H,24,28)/t15-,18+/m1/s1. The molecule has 0 bridgehead atoms. The average Bonchev–Trinajstić information content (AvgIpc) is 3.33. The maximum absolute atomic E-state index is 13.1. The lowest BCUT2D eigenvalue weighted by molar-refractivity contribution is -0.125. The van der Waals surface area contributed by atoms with E-state index >= 15 is 0 Å². The fraction of sp³-hybridized carbons (Fsp3) is 0.348. The van der Waals surface area contributed by atoms with Crippen molar-refractivity contribution in [2.45, 2.75) is 52.1 Å². The molecule has 0 saturated heterocycles. The maximum Gasteiger partial charge on any atom is 0.291 e. The Kier molecular flexibility index (Phi) is 5.44. The Bertz CT molecular complexity index is 1240. The zero-order valence-corrected chi connectivity index (χ0v) is 17.5. The van der Waals surface area contributed by atoms with Crippen molar-refractivity contribution in [1.82, 2.24) is 19.5 Å². The summed E-state index contributed by atoms with van der Waals surface area (Å²) in [5.74, 6) is 0.441. The first-order valence-electron chi connectivity index (χ1n) is 10.3. The number of fused-ring (bicyclic) bond motifs is 3. The fourth-order valence-corrected chi connectivity index (χ4v) is 3.91. The minimum atomic E-state index is -0.665. The number of amides is 1. The van der Waals surface area contributed by atoms with Crippen molar-refractivity contribution in [1.29, 1.82) is 0 Å². The van der Waals surface area contributed by atoms with E-state index < -0.39 is 6.04 Å². The number of carbonyl (C=O) groups is 1. The predicted molar refractivity (Wildman–Crippen MR) is 116 cm³/mol. The minimum Gasteiger partial charge on any atom is -0.463 e. The lowest BCUT2D eigenvalue weighted by Crippen LogP contribution is -2.42. The highest BCUT2D eigenvalue weighted by Gasteiger charge is 2.24. The molecule has 4 rings (SSSR count). The van der Waals surface area contributed by atoms with Gasteiger partial charge in [-0.25, -0.2) is 4.68 Å². The zero-order chi connectivity index (χ0) is 21.3. The summed E-state index contributed by atoms with van der Waals surface area (Å²) in [5, 5.41) is 7.51. The van der Waals surface area contributed by atoms with E-state index in [2.05, 4.69) is 22.5 Å². The second kappa shape index (κ2) is 8.18. The first kappa shape index (κ1) is 19.9. The van der Waals surface area contributed by atoms with E-state index in [4.69, 9.17) is 4.42 Å². The molecular weight excluding hydrogens is 380 g/mol. The van der Waals surface area contributed by atoms with E-state index in [-0.39, 0.29) is 17.5 Å². The van der Waals surface area contributed by atoms with E-state index in [9.17, 15) is 9.59 Å². The van der Waals surface area contributed by atoms with E-state index in [1.165, 1.54) is 10.2 Å². The van der Waals surface area contributed by atoms with Crippen molar-refractivity contribution in [3.05, 3.63) is 70.5 Å². The Morgan fingerprint density at radius 1 is 1.20 bits per heavy atom. The molecule has 7 heteroatoms. The third-order valence-corrected chi connectivity index (χ3v) is 5.51. The summed E-state index contributed by atoms with van der Waals surface area (Å²) in [6.07, 6.45) is 3.75. The van der Waals surface area contributed by atoms with Crippen molar-refractivity contribution in [2.75, 3.05) is 0 Å². The summed E-state index contributed by atoms with van der Waals surface area (Å²) in [6, 6.07) is 13.0.